The first-order valence-electron chi connectivity index (χ1n) is 7.78. The average Bonchev–Trinajstić information content (AvgIpc) is 2.81. The standard InChI is InChI=1S/C17H27NO/c1-11-6-5-7-14(11)18-12(2)8-13-15(18)9-17(3,4)10-16(13)19/h8,11,14,16,19H,5-7,9-10H2,1-4H3. The molecule has 1 heterocycles. The van der Waals surface area contributed by atoms with Crippen molar-refractivity contribution in [1.29, 1.82) is 0 Å². The molecular formula is C17H27NO. The summed E-state index contributed by atoms with van der Waals surface area (Å²) in [6.45, 7) is 9.16. The highest BCUT2D eigenvalue weighted by molar-refractivity contribution is 5.34. The van der Waals surface area contributed by atoms with E-state index >= 15 is 0 Å². The molecule has 2 heteroatoms. The van der Waals surface area contributed by atoms with Gasteiger partial charge in [0.05, 0.1) is 6.10 Å². The Kier molecular flexibility index (Phi) is 3.05. The molecule has 0 amide bonds. The maximum Gasteiger partial charge on any atom is 0.0812 e. The normalized spacial score (nSPS) is 33.4. The number of fused-ring (bicyclic) bond motifs is 1. The molecule has 1 saturated carbocycles. The van der Waals surface area contributed by atoms with Gasteiger partial charge in [-0.3, -0.25) is 0 Å². The van der Waals surface area contributed by atoms with Gasteiger partial charge in [0.2, 0.25) is 0 Å². The van der Waals surface area contributed by atoms with Gasteiger partial charge in [-0.25, -0.2) is 0 Å². The maximum atomic E-state index is 10.4. The molecule has 106 valence electrons. The Morgan fingerprint density at radius 1 is 1.32 bits per heavy atom. The van der Waals surface area contributed by atoms with E-state index in [1.54, 1.807) is 0 Å². The van der Waals surface area contributed by atoms with Crippen molar-refractivity contribution < 1.29 is 5.11 Å². The zero-order valence-corrected chi connectivity index (χ0v) is 12.7. The highest BCUT2D eigenvalue weighted by Gasteiger charge is 2.37. The molecule has 3 rings (SSSR count). The molecule has 19 heavy (non-hydrogen) atoms. The van der Waals surface area contributed by atoms with E-state index < -0.39 is 0 Å². The first kappa shape index (κ1) is 13.2. The van der Waals surface area contributed by atoms with Gasteiger partial charge >= 0.3 is 0 Å². The minimum atomic E-state index is -0.268. The van der Waals surface area contributed by atoms with Crippen molar-refractivity contribution in [1.82, 2.24) is 4.57 Å². The fourth-order valence-corrected chi connectivity index (χ4v) is 4.34. The predicted molar refractivity (Wildman–Crippen MR) is 78.3 cm³/mol. The number of aliphatic hydroxyl groups excluding tert-OH is 1. The topological polar surface area (TPSA) is 25.2 Å². The summed E-state index contributed by atoms with van der Waals surface area (Å²) < 4.78 is 2.57. The summed E-state index contributed by atoms with van der Waals surface area (Å²) >= 11 is 0. The van der Waals surface area contributed by atoms with Crippen LogP contribution >= 0.6 is 0 Å². The van der Waals surface area contributed by atoms with Crippen LogP contribution in [0.2, 0.25) is 0 Å². The van der Waals surface area contributed by atoms with E-state index in [0.717, 1.165) is 18.8 Å². The van der Waals surface area contributed by atoms with Crippen LogP contribution in [0, 0.1) is 18.3 Å². The second kappa shape index (κ2) is 4.37. The molecule has 1 N–H and O–H groups in total. The Morgan fingerprint density at radius 2 is 2.05 bits per heavy atom. The number of rotatable bonds is 1. The third-order valence-electron chi connectivity index (χ3n) is 5.27. The molecule has 3 atom stereocenters. The second-order valence-corrected chi connectivity index (χ2v) is 7.59. The van der Waals surface area contributed by atoms with Crippen molar-refractivity contribution in [3.8, 4) is 0 Å². The number of hydrogen-bond acceptors (Lipinski definition) is 1. The molecule has 3 unspecified atom stereocenters. The van der Waals surface area contributed by atoms with Crippen LogP contribution in [-0.4, -0.2) is 9.67 Å². The molecule has 0 aromatic carbocycles. The third-order valence-corrected chi connectivity index (χ3v) is 5.27. The van der Waals surface area contributed by atoms with E-state index in [9.17, 15) is 5.11 Å². The lowest BCUT2D eigenvalue weighted by Gasteiger charge is -2.35. The zero-order valence-electron chi connectivity index (χ0n) is 12.7. The van der Waals surface area contributed by atoms with Crippen molar-refractivity contribution in [3.05, 3.63) is 23.0 Å². The molecule has 1 aromatic heterocycles. The average molecular weight is 261 g/mol. The summed E-state index contributed by atoms with van der Waals surface area (Å²) in [6, 6.07) is 2.89. The number of hydrogen-bond donors (Lipinski definition) is 1. The van der Waals surface area contributed by atoms with E-state index in [0.29, 0.717) is 6.04 Å². The van der Waals surface area contributed by atoms with Crippen molar-refractivity contribution in [2.45, 2.75) is 71.9 Å². The highest BCUT2D eigenvalue weighted by atomic mass is 16.3. The van der Waals surface area contributed by atoms with E-state index in [-0.39, 0.29) is 11.5 Å². The largest absolute Gasteiger partial charge is 0.388 e. The van der Waals surface area contributed by atoms with Crippen molar-refractivity contribution in [3.63, 3.8) is 0 Å². The van der Waals surface area contributed by atoms with Crippen LogP contribution in [0.3, 0.4) is 0 Å². The molecule has 1 fully saturated rings. The fraction of sp³-hybridized carbons (Fsp3) is 0.765. The molecule has 2 aliphatic rings. The smallest absolute Gasteiger partial charge is 0.0812 e. The Morgan fingerprint density at radius 3 is 2.68 bits per heavy atom. The van der Waals surface area contributed by atoms with Crippen LogP contribution in [0.25, 0.3) is 0 Å². The summed E-state index contributed by atoms with van der Waals surface area (Å²) in [6.07, 6.45) is 5.74. The second-order valence-electron chi connectivity index (χ2n) is 7.59. The van der Waals surface area contributed by atoms with Gasteiger partial charge in [-0.2, -0.15) is 0 Å². The van der Waals surface area contributed by atoms with Gasteiger partial charge in [-0.05, 0) is 50.0 Å². The van der Waals surface area contributed by atoms with Crippen molar-refractivity contribution in [2.75, 3.05) is 0 Å². The minimum absolute atomic E-state index is 0.219. The monoisotopic (exact) mass is 261 g/mol. The lowest BCUT2D eigenvalue weighted by Crippen LogP contribution is -2.28. The molecule has 0 bridgehead atoms. The molecule has 2 aliphatic carbocycles. The molecule has 0 radical (unpaired) electrons. The summed E-state index contributed by atoms with van der Waals surface area (Å²) in [4.78, 5) is 0. The summed E-state index contributed by atoms with van der Waals surface area (Å²) in [5.41, 5.74) is 4.19. The maximum absolute atomic E-state index is 10.4. The number of nitrogens with zero attached hydrogens (tertiary/aromatic N) is 1. The van der Waals surface area contributed by atoms with Gasteiger partial charge in [0.1, 0.15) is 0 Å². The molecule has 0 aliphatic heterocycles. The van der Waals surface area contributed by atoms with E-state index in [1.807, 2.05) is 0 Å². The Balaban J connectivity index is 2.07. The van der Waals surface area contributed by atoms with E-state index in [1.165, 1.54) is 36.2 Å². The Bertz CT molecular complexity index is 486. The lowest BCUT2D eigenvalue weighted by atomic mass is 9.75. The lowest BCUT2D eigenvalue weighted by molar-refractivity contribution is 0.0971. The van der Waals surface area contributed by atoms with Gasteiger partial charge < -0.3 is 9.67 Å². The van der Waals surface area contributed by atoms with Crippen LogP contribution < -0.4 is 0 Å². The molecule has 2 nitrogen and oxygen atoms in total. The predicted octanol–water partition coefficient (Wildman–Crippen LogP) is 4.16. The molecular weight excluding hydrogens is 234 g/mol. The zero-order chi connectivity index (χ0) is 13.8. The van der Waals surface area contributed by atoms with Crippen LogP contribution in [0.4, 0.5) is 0 Å². The minimum Gasteiger partial charge on any atom is -0.388 e. The molecule has 1 aromatic rings. The summed E-state index contributed by atoms with van der Waals surface area (Å²) in [5.74, 6) is 0.775. The summed E-state index contributed by atoms with van der Waals surface area (Å²) in [7, 11) is 0. The van der Waals surface area contributed by atoms with Gasteiger partial charge in [0.25, 0.3) is 0 Å². The van der Waals surface area contributed by atoms with Crippen LogP contribution in [0.15, 0.2) is 6.07 Å². The summed E-state index contributed by atoms with van der Waals surface area (Å²) in [5, 5.41) is 10.4. The number of aryl methyl sites for hydroxylation is 1. The third kappa shape index (κ3) is 2.14. The molecule has 0 saturated heterocycles. The quantitative estimate of drug-likeness (QED) is 0.806. The Hall–Kier alpha value is -0.760. The SMILES string of the molecule is Cc1cc2c(n1C1CCCC1C)CC(C)(C)CC2O. The highest BCUT2D eigenvalue weighted by Crippen LogP contribution is 2.45. The van der Waals surface area contributed by atoms with E-state index in [2.05, 4.69) is 38.3 Å². The van der Waals surface area contributed by atoms with Crippen molar-refractivity contribution >= 4 is 0 Å². The first-order valence-corrected chi connectivity index (χ1v) is 7.78. The van der Waals surface area contributed by atoms with Gasteiger partial charge in [-0.1, -0.05) is 27.2 Å². The molecule has 0 spiro atoms. The number of aliphatic hydroxyl groups is 1. The fourth-order valence-electron chi connectivity index (χ4n) is 4.34. The van der Waals surface area contributed by atoms with Crippen LogP contribution in [0.1, 0.15) is 75.6 Å². The van der Waals surface area contributed by atoms with Crippen molar-refractivity contribution in [2.24, 2.45) is 11.3 Å². The van der Waals surface area contributed by atoms with Gasteiger partial charge in [-0.15, -0.1) is 0 Å². The first-order chi connectivity index (χ1) is 8.89. The van der Waals surface area contributed by atoms with E-state index in [4.69, 9.17) is 0 Å². The Labute approximate surface area is 116 Å². The number of aromatic nitrogens is 1. The van der Waals surface area contributed by atoms with Crippen LogP contribution in [-0.2, 0) is 6.42 Å². The van der Waals surface area contributed by atoms with Gasteiger partial charge in [0, 0.05) is 23.0 Å². The van der Waals surface area contributed by atoms with Crippen LogP contribution in [0.5, 0.6) is 0 Å². The van der Waals surface area contributed by atoms with Gasteiger partial charge in [0.15, 0.2) is 0 Å².